The molecule has 0 unspecified atom stereocenters. The maximum Gasteiger partial charge on any atom is 0.220 e. The fourth-order valence-electron chi connectivity index (χ4n) is 4.80. The molecule has 1 aromatic rings. The first kappa shape index (κ1) is 26.8. The van der Waals surface area contributed by atoms with Gasteiger partial charge in [0.05, 0.1) is 24.9 Å². The van der Waals surface area contributed by atoms with Crippen LogP contribution in [0.3, 0.4) is 0 Å². The second-order valence-electron chi connectivity index (χ2n) is 9.89. The Morgan fingerprint density at radius 3 is 2.47 bits per heavy atom. The minimum absolute atomic E-state index is 0.0292. The lowest BCUT2D eigenvalue weighted by atomic mass is 9.78. The van der Waals surface area contributed by atoms with Crippen LogP contribution < -0.4 is 5.73 Å². The molecule has 182 valence electrons. The van der Waals surface area contributed by atoms with E-state index in [0.29, 0.717) is 26.1 Å². The van der Waals surface area contributed by atoms with Crippen molar-refractivity contribution in [3.05, 3.63) is 35.9 Å². The van der Waals surface area contributed by atoms with Crippen LogP contribution in [0.15, 0.2) is 30.3 Å². The van der Waals surface area contributed by atoms with Crippen LogP contribution in [0.1, 0.15) is 66.4 Å². The molecule has 0 radical (unpaired) electrons. The van der Waals surface area contributed by atoms with E-state index >= 15 is 0 Å². The highest BCUT2D eigenvalue weighted by atomic mass is 16.7. The molecular weight excluding hydrogens is 406 g/mol. The number of amides is 1. The Kier molecular flexibility index (Phi) is 10.1. The Morgan fingerprint density at radius 2 is 1.88 bits per heavy atom. The van der Waals surface area contributed by atoms with E-state index in [1.165, 1.54) is 0 Å². The van der Waals surface area contributed by atoms with Gasteiger partial charge in [-0.1, -0.05) is 58.0 Å². The normalized spacial score (nSPS) is 26.8. The lowest BCUT2D eigenvalue weighted by Gasteiger charge is -2.48. The number of primary amides is 1. The van der Waals surface area contributed by atoms with E-state index in [2.05, 4.69) is 19.1 Å². The molecule has 0 aliphatic carbocycles. The van der Waals surface area contributed by atoms with Gasteiger partial charge in [-0.2, -0.15) is 0 Å². The predicted octanol–water partition coefficient (Wildman–Crippen LogP) is 4.28. The number of aliphatic hydroxyl groups is 1. The number of carbonyl (C=O) groups excluding carboxylic acids is 1. The monoisotopic (exact) mass is 449 g/mol. The van der Waals surface area contributed by atoms with Crippen LogP contribution in [0.25, 0.3) is 0 Å². The molecule has 1 fully saturated rings. The zero-order chi connectivity index (χ0) is 23.9. The molecule has 7 atom stereocenters. The van der Waals surface area contributed by atoms with Gasteiger partial charge in [-0.15, -0.1) is 0 Å². The number of aliphatic hydroxyl groups excluding tert-OH is 1. The summed E-state index contributed by atoms with van der Waals surface area (Å²) in [6.45, 7) is 13.1. The van der Waals surface area contributed by atoms with E-state index in [1.54, 1.807) is 0 Å². The molecule has 1 aliphatic heterocycles. The van der Waals surface area contributed by atoms with Gasteiger partial charge in [-0.25, -0.2) is 0 Å². The van der Waals surface area contributed by atoms with Crippen LogP contribution in [-0.4, -0.2) is 41.7 Å². The van der Waals surface area contributed by atoms with E-state index < -0.39 is 11.9 Å². The number of rotatable bonds is 12. The van der Waals surface area contributed by atoms with Crippen LogP contribution in [0, 0.1) is 23.7 Å². The number of carbonyl (C=O) groups is 1. The second-order valence-corrected chi connectivity index (χ2v) is 9.89. The Morgan fingerprint density at radius 1 is 1.22 bits per heavy atom. The lowest BCUT2D eigenvalue weighted by Crippen LogP contribution is -2.54. The molecule has 1 aliphatic rings. The van der Waals surface area contributed by atoms with Gasteiger partial charge in [0.2, 0.25) is 5.91 Å². The maximum absolute atomic E-state index is 11.6. The van der Waals surface area contributed by atoms with Crippen molar-refractivity contribution in [3.8, 4) is 0 Å². The van der Waals surface area contributed by atoms with Crippen molar-refractivity contribution >= 4 is 5.91 Å². The molecule has 1 aromatic carbocycles. The predicted molar refractivity (Wildman–Crippen MR) is 126 cm³/mol. The third kappa shape index (κ3) is 7.55. The zero-order valence-corrected chi connectivity index (χ0v) is 20.6. The van der Waals surface area contributed by atoms with E-state index in [1.807, 2.05) is 52.8 Å². The summed E-state index contributed by atoms with van der Waals surface area (Å²) in [5.74, 6) is -1.33. The van der Waals surface area contributed by atoms with Gasteiger partial charge in [0.15, 0.2) is 5.79 Å². The molecule has 0 saturated carbocycles. The third-order valence-electron chi connectivity index (χ3n) is 6.81. The largest absolute Gasteiger partial charge is 0.392 e. The first-order chi connectivity index (χ1) is 15.1. The van der Waals surface area contributed by atoms with Crippen molar-refractivity contribution in [2.45, 2.75) is 91.5 Å². The van der Waals surface area contributed by atoms with Crippen LogP contribution in [0.2, 0.25) is 0 Å². The van der Waals surface area contributed by atoms with Crippen molar-refractivity contribution in [2.24, 2.45) is 29.4 Å². The highest BCUT2D eigenvalue weighted by Gasteiger charge is 2.45. The molecule has 2 rings (SSSR count). The van der Waals surface area contributed by atoms with Crippen LogP contribution >= 0.6 is 0 Å². The molecule has 32 heavy (non-hydrogen) atoms. The summed E-state index contributed by atoms with van der Waals surface area (Å²) in [6, 6.07) is 10.1. The quantitative estimate of drug-likeness (QED) is 0.465. The van der Waals surface area contributed by atoms with Crippen molar-refractivity contribution in [1.29, 1.82) is 0 Å². The lowest BCUT2D eigenvalue weighted by molar-refractivity contribution is -0.332. The van der Waals surface area contributed by atoms with E-state index in [-0.39, 0.29) is 41.8 Å². The smallest absolute Gasteiger partial charge is 0.220 e. The summed E-state index contributed by atoms with van der Waals surface area (Å²) in [4.78, 5) is 11.6. The Balaban J connectivity index is 1.96. The summed E-state index contributed by atoms with van der Waals surface area (Å²) in [7, 11) is 0. The fraction of sp³-hybridized carbons (Fsp3) is 0.731. The Labute approximate surface area is 193 Å². The first-order valence-electron chi connectivity index (χ1n) is 12.0. The third-order valence-corrected chi connectivity index (χ3v) is 6.81. The number of hydrogen-bond acceptors (Lipinski definition) is 5. The topological polar surface area (TPSA) is 91.0 Å². The van der Waals surface area contributed by atoms with Gasteiger partial charge >= 0.3 is 0 Å². The second kappa shape index (κ2) is 12.1. The molecule has 6 heteroatoms. The maximum atomic E-state index is 11.6. The first-order valence-corrected chi connectivity index (χ1v) is 12.0. The Hall–Kier alpha value is -1.47. The van der Waals surface area contributed by atoms with Gasteiger partial charge in [0.1, 0.15) is 0 Å². The van der Waals surface area contributed by atoms with Crippen LogP contribution in [-0.2, 0) is 25.6 Å². The van der Waals surface area contributed by atoms with Gasteiger partial charge in [0.25, 0.3) is 0 Å². The molecule has 1 heterocycles. The fourth-order valence-corrected chi connectivity index (χ4v) is 4.80. The SMILES string of the molecule is CC[C@@H](C[C@H](C)[C@H](O)[C@@H](C)[C@H]1OC(C)(C)O[C@@H](CCOCc2ccccc2)[C@@H]1C)C(N)=O. The summed E-state index contributed by atoms with van der Waals surface area (Å²) in [5, 5.41) is 11.1. The molecular formula is C26H43NO5. The van der Waals surface area contributed by atoms with E-state index in [4.69, 9.17) is 19.9 Å². The summed E-state index contributed by atoms with van der Waals surface area (Å²) < 4.78 is 18.4. The molecule has 0 spiro atoms. The van der Waals surface area contributed by atoms with Crippen molar-refractivity contribution in [2.75, 3.05) is 6.61 Å². The number of nitrogens with two attached hydrogens (primary N) is 1. The number of hydrogen-bond donors (Lipinski definition) is 2. The molecule has 3 N–H and O–H groups in total. The van der Waals surface area contributed by atoms with Gasteiger partial charge in [0, 0.05) is 24.4 Å². The standard InChI is InChI=1S/C26H43NO5/c1-7-21(25(27)29)15-17(2)23(28)19(4)24-18(3)22(31-26(5,6)32-24)13-14-30-16-20-11-9-8-10-12-20/h8-12,17-19,21-24,28H,7,13-16H2,1-6H3,(H2,27,29)/t17-,18-,19+,21-,22-,23-,24-/m0/s1. The van der Waals surface area contributed by atoms with Gasteiger partial charge in [-0.3, -0.25) is 4.79 Å². The Bertz CT molecular complexity index is 695. The van der Waals surface area contributed by atoms with Crippen molar-refractivity contribution < 1.29 is 24.1 Å². The van der Waals surface area contributed by atoms with Crippen molar-refractivity contribution in [3.63, 3.8) is 0 Å². The summed E-state index contributed by atoms with van der Waals surface area (Å²) in [5.41, 5.74) is 6.66. The van der Waals surface area contributed by atoms with Gasteiger partial charge < -0.3 is 25.1 Å². The molecule has 1 amide bonds. The number of benzene rings is 1. The minimum Gasteiger partial charge on any atom is -0.392 e. The van der Waals surface area contributed by atoms with Crippen molar-refractivity contribution in [1.82, 2.24) is 0 Å². The highest BCUT2D eigenvalue weighted by Crippen LogP contribution is 2.38. The summed E-state index contributed by atoms with van der Waals surface area (Å²) in [6.07, 6.45) is 1.23. The molecule has 1 saturated heterocycles. The van der Waals surface area contributed by atoms with Crippen LogP contribution in [0.5, 0.6) is 0 Å². The zero-order valence-electron chi connectivity index (χ0n) is 20.6. The summed E-state index contributed by atoms with van der Waals surface area (Å²) >= 11 is 0. The molecule has 0 bridgehead atoms. The highest BCUT2D eigenvalue weighted by molar-refractivity contribution is 5.76. The minimum atomic E-state index is -0.738. The average Bonchev–Trinajstić information content (AvgIpc) is 2.76. The van der Waals surface area contributed by atoms with E-state index in [0.717, 1.165) is 12.0 Å². The molecule has 6 nitrogen and oxygen atoms in total. The average molecular weight is 450 g/mol. The van der Waals surface area contributed by atoms with Gasteiger partial charge in [-0.05, 0) is 44.6 Å². The van der Waals surface area contributed by atoms with E-state index in [9.17, 15) is 9.90 Å². The van der Waals surface area contributed by atoms with Crippen LogP contribution in [0.4, 0.5) is 0 Å². The number of ether oxygens (including phenoxy) is 3. The molecule has 0 aromatic heterocycles.